The minimum absolute atomic E-state index is 0.0140. The van der Waals surface area contributed by atoms with E-state index in [1.807, 2.05) is 55.5 Å². The minimum Gasteiger partial charge on any atom is -0.464 e. The van der Waals surface area contributed by atoms with Crippen molar-refractivity contribution in [2.75, 3.05) is 6.61 Å². The molecule has 0 aliphatic heterocycles. The first-order chi connectivity index (χ1) is 16.6. The number of ether oxygens (including phenoxy) is 1. The molecule has 1 N–H and O–H groups in total. The van der Waals surface area contributed by atoms with E-state index in [1.165, 1.54) is 0 Å². The molecule has 3 rings (SSSR count). The summed E-state index contributed by atoms with van der Waals surface area (Å²) in [5, 5.41) is 14.4. The maximum Gasteiger partial charge on any atom is 0.328 e. The Morgan fingerprint density at radius 3 is 2.35 bits per heavy atom. The van der Waals surface area contributed by atoms with Gasteiger partial charge in [0.1, 0.15) is 6.04 Å². The zero-order chi connectivity index (χ0) is 24.3. The molecule has 180 valence electrons. The monoisotopic (exact) mass is 463 g/mol. The molecule has 1 atom stereocenters. The highest BCUT2D eigenvalue weighted by molar-refractivity contribution is 5.85. The molecule has 1 amide bonds. The smallest absolute Gasteiger partial charge is 0.328 e. The summed E-state index contributed by atoms with van der Waals surface area (Å²) in [5.74, 6) is 0.184. The molecule has 0 spiro atoms. The molecule has 0 fully saturated rings. The second-order valence-corrected chi connectivity index (χ2v) is 8.16. The quantitative estimate of drug-likeness (QED) is 0.388. The number of tetrazole rings is 1. The summed E-state index contributed by atoms with van der Waals surface area (Å²) >= 11 is 0. The van der Waals surface area contributed by atoms with Gasteiger partial charge in [-0.15, -0.1) is 10.2 Å². The third kappa shape index (κ3) is 6.27. The van der Waals surface area contributed by atoms with Crippen LogP contribution >= 0.6 is 0 Å². The Labute approximate surface area is 200 Å². The molecule has 1 heterocycles. The largest absolute Gasteiger partial charge is 0.464 e. The SMILES string of the molecule is CCCCC(=O)N(Cc1ccc(-c2ccccc2-c2nn[nH]n2)cc1)[C@@H](CCC)C(=O)OCC. The van der Waals surface area contributed by atoms with E-state index in [0.717, 1.165) is 41.5 Å². The molecule has 1 aromatic heterocycles. The second kappa shape index (κ2) is 12.6. The van der Waals surface area contributed by atoms with Gasteiger partial charge in [0.05, 0.1) is 6.61 Å². The van der Waals surface area contributed by atoms with Crippen molar-refractivity contribution >= 4 is 11.9 Å². The van der Waals surface area contributed by atoms with E-state index >= 15 is 0 Å². The molecule has 0 aliphatic rings. The molecule has 0 bridgehead atoms. The van der Waals surface area contributed by atoms with E-state index in [9.17, 15) is 9.59 Å². The number of nitrogens with one attached hydrogen (secondary N) is 1. The standard InChI is InChI=1S/C26H33N5O3/c1-4-7-13-24(32)31(23(10-5-2)26(33)34-6-3)18-19-14-16-20(17-15-19)21-11-8-9-12-22(21)25-27-29-30-28-25/h8-9,11-12,14-17,23H,4-7,10,13,18H2,1-3H3,(H,27,28,29,30)/t23-/m0/s1. The Morgan fingerprint density at radius 1 is 1.00 bits per heavy atom. The van der Waals surface area contributed by atoms with Crippen molar-refractivity contribution in [1.82, 2.24) is 25.5 Å². The van der Waals surface area contributed by atoms with Crippen molar-refractivity contribution in [2.45, 2.75) is 65.5 Å². The zero-order valence-corrected chi connectivity index (χ0v) is 20.2. The van der Waals surface area contributed by atoms with Gasteiger partial charge in [-0.1, -0.05) is 75.2 Å². The van der Waals surface area contributed by atoms with Crippen LogP contribution in [0.4, 0.5) is 0 Å². The van der Waals surface area contributed by atoms with Gasteiger partial charge in [-0.25, -0.2) is 4.79 Å². The van der Waals surface area contributed by atoms with Crippen LogP contribution in [0.25, 0.3) is 22.5 Å². The number of unbranched alkanes of at least 4 members (excludes halogenated alkanes) is 1. The molecule has 8 heteroatoms. The number of H-pyrrole nitrogens is 1. The number of esters is 1. The Hall–Kier alpha value is -3.55. The fraction of sp³-hybridized carbons (Fsp3) is 0.423. The van der Waals surface area contributed by atoms with Crippen LogP contribution in [-0.4, -0.2) is 50.0 Å². The van der Waals surface area contributed by atoms with Crippen LogP contribution in [0.15, 0.2) is 48.5 Å². The number of nitrogens with zero attached hydrogens (tertiary/aromatic N) is 4. The molecule has 0 radical (unpaired) electrons. The predicted octanol–water partition coefficient (Wildman–Crippen LogP) is 4.78. The van der Waals surface area contributed by atoms with Gasteiger partial charge in [-0.2, -0.15) is 5.21 Å². The predicted molar refractivity (Wildman–Crippen MR) is 130 cm³/mol. The molecule has 0 unspecified atom stereocenters. The van der Waals surface area contributed by atoms with Crippen LogP contribution in [0.3, 0.4) is 0 Å². The lowest BCUT2D eigenvalue weighted by Crippen LogP contribution is -2.45. The van der Waals surface area contributed by atoms with E-state index in [4.69, 9.17) is 4.74 Å². The van der Waals surface area contributed by atoms with Gasteiger partial charge in [0.25, 0.3) is 0 Å². The first kappa shape index (κ1) is 25.1. The van der Waals surface area contributed by atoms with Gasteiger partial charge in [0.2, 0.25) is 11.7 Å². The normalized spacial score (nSPS) is 11.7. The summed E-state index contributed by atoms with van der Waals surface area (Å²) in [6.45, 7) is 6.51. The molecular formula is C26H33N5O3. The van der Waals surface area contributed by atoms with Crippen LogP contribution in [0.5, 0.6) is 0 Å². The number of carbonyl (C=O) groups excluding carboxylic acids is 2. The van der Waals surface area contributed by atoms with E-state index < -0.39 is 6.04 Å². The lowest BCUT2D eigenvalue weighted by Gasteiger charge is -2.30. The number of benzene rings is 2. The van der Waals surface area contributed by atoms with E-state index in [2.05, 4.69) is 27.5 Å². The first-order valence-corrected chi connectivity index (χ1v) is 12.0. The topological polar surface area (TPSA) is 101 Å². The van der Waals surface area contributed by atoms with Crippen LogP contribution in [0.1, 0.15) is 58.4 Å². The fourth-order valence-corrected chi connectivity index (χ4v) is 3.95. The molecule has 0 saturated heterocycles. The summed E-state index contributed by atoms with van der Waals surface area (Å²) in [5.41, 5.74) is 3.83. The second-order valence-electron chi connectivity index (χ2n) is 8.16. The van der Waals surface area contributed by atoms with Crippen molar-refractivity contribution in [3.05, 3.63) is 54.1 Å². The van der Waals surface area contributed by atoms with Crippen LogP contribution < -0.4 is 0 Å². The maximum atomic E-state index is 13.1. The minimum atomic E-state index is -0.576. The average Bonchev–Trinajstić information content (AvgIpc) is 3.40. The number of aromatic amines is 1. The molecule has 3 aromatic rings. The van der Waals surface area contributed by atoms with Crippen molar-refractivity contribution < 1.29 is 14.3 Å². The van der Waals surface area contributed by atoms with Crippen molar-refractivity contribution in [3.63, 3.8) is 0 Å². The van der Waals surface area contributed by atoms with Crippen molar-refractivity contribution in [1.29, 1.82) is 0 Å². The van der Waals surface area contributed by atoms with Crippen molar-refractivity contribution in [2.24, 2.45) is 0 Å². The summed E-state index contributed by atoms with van der Waals surface area (Å²) in [7, 11) is 0. The molecule has 34 heavy (non-hydrogen) atoms. The number of amides is 1. The summed E-state index contributed by atoms with van der Waals surface area (Å²) in [4.78, 5) is 27.5. The van der Waals surface area contributed by atoms with Gasteiger partial charge in [0, 0.05) is 18.5 Å². The van der Waals surface area contributed by atoms with Gasteiger partial charge < -0.3 is 9.64 Å². The van der Waals surface area contributed by atoms with Crippen LogP contribution in [0, 0.1) is 0 Å². The summed E-state index contributed by atoms with van der Waals surface area (Å²) in [6, 6.07) is 15.3. The summed E-state index contributed by atoms with van der Waals surface area (Å²) in [6.07, 6.45) is 3.50. The first-order valence-electron chi connectivity index (χ1n) is 12.0. The van der Waals surface area contributed by atoms with Gasteiger partial charge in [0.15, 0.2) is 0 Å². The third-order valence-electron chi connectivity index (χ3n) is 5.69. The summed E-state index contributed by atoms with van der Waals surface area (Å²) < 4.78 is 5.30. The van der Waals surface area contributed by atoms with Crippen molar-refractivity contribution in [3.8, 4) is 22.5 Å². The molecular weight excluding hydrogens is 430 g/mol. The number of aromatic nitrogens is 4. The van der Waals surface area contributed by atoms with E-state index in [-0.39, 0.29) is 11.9 Å². The van der Waals surface area contributed by atoms with Gasteiger partial charge in [-0.05, 0) is 41.7 Å². The maximum absolute atomic E-state index is 13.1. The Kier molecular flexibility index (Phi) is 9.31. The van der Waals surface area contributed by atoms with Crippen LogP contribution in [-0.2, 0) is 20.9 Å². The highest BCUT2D eigenvalue weighted by atomic mass is 16.5. The zero-order valence-electron chi connectivity index (χ0n) is 20.2. The molecule has 8 nitrogen and oxygen atoms in total. The molecule has 0 saturated carbocycles. The van der Waals surface area contributed by atoms with Gasteiger partial charge in [-0.3, -0.25) is 4.79 Å². The number of carbonyl (C=O) groups is 2. The Morgan fingerprint density at radius 2 is 1.74 bits per heavy atom. The van der Waals surface area contributed by atoms with Gasteiger partial charge >= 0.3 is 5.97 Å². The molecule has 2 aromatic carbocycles. The Balaban J connectivity index is 1.86. The van der Waals surface area contributed by atoms with E-state index in [1.54, 1.807) is 11.8 Å². The van der Waals surface area contributed by atoms with E-state index in [0.29, 0.717) is 31.8 Å². The highest BCUT2D eigenvalue weighted by Crippen LogP contribution is 2.30. The highest BCUT2D eigenvalue weighted by Gasteiger charge is 2.30. The third-order valence-corrected chi connectivity index (χ3v) is 5.69. The van der Waals surface area contributed by atoms with Crippen LogP contribution in [0.2, 0.25) is 0 Å². The molecule has 0 aliphatic carbocycles. The lowest BCUT2D eigenvalue weighted by atomic mass is 9.98. The number of hydrogen-bond acceptors (Lipinski definition) is 6. The lowest BCUT2D eigenvalue weighted by molar-refractivity contribution is -0.155. The average molecular weight is 464 g/mol. The Bertz CT molecular complexity index is 1050. The fourth-order valence-electron chi connectivity index (χ4n) is 3.95. The number of hydrogen-bond donors (Lipinski definition) is 1. The number of rotatable bonds is 12.